The van der Waals surface area contributed by atoms with Crippen molar-refractivity contribution in [3.05, 3.63) is 48.6 Å². The van der Waals surface area contributed by atoms with E-state index >= 15 is 0 Å². The van der Waals surface area contributed by atoms with Gasteiger partial charge in [0.1, 0.15) is 0 Å². The Morgan fingerprint density at radius 2 is 1.44 bits per heavy atom. The van der Waals surface area contributed by atoms with Gasteiger partial charge >= 0.3 is 0 Å². The highest BCUT2D eigenvalue weighted by Crippen LogP contribution is 2.42. The van der Waals surface area contributed by atoms with E-state index in [0.29, 0.717) is 0 Å². The third-order valence-electron chi connectivity index (χ3n) is 5.94. The predicted octanol–water partition coefficient (Wildman–Crippen LogP) is 9.35. The molecule has 0 nitrogen and oxygen atoms in total. The minimum Gasteiger partial charge on any atom is -0.103 e. The van der Waals surface area contributed by atoms with Gasteiger partial charge in [-0.05, 0) is 70.1 Å². The zero-order valence-corrected chi connectivity index (χ0v) is 18.4. The number of fused-ring (bicyclic) bond motifs is 2. The average Bonchev–Trinajstić information content (AvgIpc) is 3.32. The van der Waals surface area contributed by atoms with Gasteiger partial charge in [0.2, 0.25) is 0 Å². The molecule has 2 bridgehead atoms. The second-order valence-corrected chi connectivity index (χ2v) is 8.36. The van der Waals surface area contributed by atoms with Crippen molar-refractivity contribution in [2.75, 3.05) is 0 Å². The van der Waals surface area contributed by atoms with E-state index in [1.54, 1.807) is 5.57 Å². The van der Waals surface area contributed by atoms with Crippen molar-refractivity contribution >= 4 is 0 Å². The van der Waals surface area contributed by atoms with Crippen molar-refractivity contribution in [2.45, 2.75) is 110 Å². The van der Waals surface area contributed by atoms with Crippen LogP contribution in [0.4, 0.5) is 0 Å². The van der Waals surface area contributed by atoms with Crippen LogP contribution in [0.2, 0.25) is 0 Å². The Hall–Kier alpha value is -1.04. The van der Waals surface area contributed by atoms with Crippen LogP contribution in [0.25, 0.3) is 0 Å². The maximum atomic E-state index is 3.75. The summed E-state index contributed by atoms with van der Waals surface area (Å²) in [6.07, 6.45) is 34.2. The zero-order valence-electron chi connectivity index (χ0n) is 18.4. The molecule has 2 atom stereocenters. The first-order valence-corrected chi connectivity index (χ1v) is 11.9. The van der Waals surface area contributed by atoms with Gasteiger partial charge in [0.15, 0.2) is 0 Å². The van der Waals surface area contributed by atoms with Crippen LogP contribution in [0.5, 0.6) is 0 Å². The SMILES string of the molecule is C=CCCCCCCC=CCCCCCCCC.CC=C1CC2C=CC1C2. The lowest BCUT2D eigenvalue weighted by atomic mass is 10.0. The summed E-state index contributed by atoms with van der Waals surface area (Å²) in [7, 11) is 0. The third kappa shape index (κ3) is 12.1. The van der Waals surface area contributed by atoms with Crippen LogP contribution in [0.3, 0.4) is 0 Å². The molecule has 2 aliphatic carbocycles. The van der Waals surface area contributed by atoms with E-state index < -0.39 is 0 Å². The summed E-state index contributed by atoms with van der Waals surface area (Å²) in [6, 6.07) is 0. The molecule has 1 saturated carbocycles. The van der Waals surface area contributed by atoms with Gasteiger partial charge in [-0.1, -0.05) is 93.9 Å². The van der Waals surface area contributed by atoms with Crippen molar-refractivity contribution in [1.82, 2.24) is 0 Å². The molecule has 0 saturated heterocycles. The van der Waals surface area contributed by atoms with Crippen LogP contribution >= 0.6 is 0 Å². The standard InChI is InChI=1S/C18H34.C9H12/c1-3-5-7-9-11-13-15-17-18-16-14-12-10-8-6-4-2;1-2-8-5-7-3-4-9(8)6-7/h3,17-18H,1,4-16H2,2H3;2-4,7,9H,5-6H2,1H3. The molecule has 2 aliphatic rings. The highest BCUT2D eigenvalue weighted by Gasteiger charge is 2.29. The van der Waals surface area contributed by atoms with Crippen molar-refractivity contribution in [1.29, 1.82) is 0 Å². The summed E-state index contributed by atoms with van der Waals surface area (Å²) in [4.78, 5) is 0. The molecule has 0 heteroatoms. The van der Waals surface area contributed by atoms with E-state index in [-0.39, 0.29) is 0 Å². The van der Waals surface area contributed by atoms with E-state index in [1.807, 2.05) is 6.08 Å². The molecule has 0 spiro atoms. The fourth-order valence-corrected chi connectivity index (χ4v) is 4.17. The van der Waals surface area contributed by atoms with Gasteiger partial charge in [-0.3, -0.25) is 0 Å². The summed E-state index contributed by atoms with van der Waals surface area (Å²) < 4.78 is 0. The van der Waals surface area contributed by atoms with E-state index in [4.69, 9.17) is 0 Å². The van der Waals surface area contributed by atoms with Crippen LogP contribution in [0, 0.1) is 11.8 Å². The van der Waals surface area contributed by atoms with E-state index in [2.05, 4.69) is 50.8 Å². The van der Waals surface area contributed by atoms with E-state index in [9.17, 15) is 0 Å². The average molecular weight is 371 g/mol. The largest absolute Gasteiger partial charge is 0.103 e. The predicted molar refractivity (Wildman–Crippen MR) is 124 cm³/mol. The topological polar surface area (TPSA) is 0 Å². The molecule has 0 radical (unpaired) electrons. The monoisotopic (exact) mass is 370 g/mol. The Morgan fingerprint density at radius 1 is 0.852 bits per heavy atom. The number of hydrogen-bond acceptors (Lipinski definition) is 0. The maximum absolute atomic E-state index is 3.75. The Labute approximate surface area is 170 Å². The lowest BCUT2D eigenvalue weighted by Crippen LogP contribution is -1.90. The Morgan fingerprint density at radius 3 is 1.89 bits per heavy atom. The minimum absolute atomic E-state index is 0.833. The third-order valence-corrected chi connectivity index (χ3v) is 5.94. The lowest BCUT2D eigenvalue weighted by molar-refractivity contribution is 0.610. The molecule has 0 amide bonds. The Kier molecular flexibility index (Phi) is 15.2. The van der Waals surface area contributed by atoms with Gasteiger partial charge in [-0.2, -0.15) is 0 Å². The molecule has 1 fully saturated rings. The Bertz CT molecular complexity index is 437. The first-order valence-electron chi connectivity index (χ1n) is 11.9. The molecular formula is C27H46. The molecule has 0 aliphatic heterocycles. The van der Waals surface area contributed by atoms with Gasteiger partial charge in [0.25, 0.3) is 0 Å². The van der Waals surface area contributed by atoms with Crippen LogP contribution in [0.1, 0.15) is 110 Å². The molecular weight excluding hydrogens is 324 g/mol. The van der Waals surface area contributed by atoms with Crippen LogP contribution in [0.15, 0.2) is 48.6 Å². The van der Waals surface area contributed by atoms with Gasteiger partial charge in [-0.15, -0.1) is 6.58 Å². The normalized spacial score (nSPS) is 21.8. The Balaban J connectivity index is 0.000000330. The molecule has 0 aromatic rings. The smallest absolute Gasteiger partial charge is 0.00174 e. The quantitative estimate of drug-likeness (QED) is 0.211. The van der Waals surface area contributed by atoms with Gasteiger partial charge < -0.3 is 0 Å². The molecule has 0 N–H and O–H groups in total. The fraction of sp³-hybridized carbons (Fsp3) is 0.704. The van der Waals surface area contributed by atoms with Gasteiger partial charge in [0.05, 0.1) is 0 Å². The van der Waals surface area contributed by atoms with E-state index in [0.717, 1.165) is 11.8 Å². The minimum atomic E-state index is 0.833. The summed E-state index contributed by atoms with van der Waals surface area (Å²) >= 11 is 0. The highest BCUT2D eigenvalue weighted by atomic mass is 14.3. The molecule has 0 aromatic carbocycles. The first kappa shape index (κ1) is 24.0. The number of hydrogen-bond donors (Lipinski definition) is 0. The van der Waals surface area contributed by atoms with E-state index in [1.165, 1.54) is 96.3 Å². The van der Waals surface area contributed by atoms with Crippen molar-refractivity contribution in [3.63, 3.8) is 0 Å². The second-order valence-electron chi connectivity index (χ2n) is 8.36. The summed E-state index contributed by atoms with van der Waals surface area (Å²) in [5.41, 5.74) is 1.67. The van der Waals surface area contributed by atoms with Gasteiger partial charge in [0, 0.05) is 0 Å². The van der Waals surface area contributed by atoms with Crippen LogP contribution in [-0.2, 0) is 0 Å². The molecule has 154 valence electrons. The fourth-order valence-electron chi connectivity index (χ4n) is 4.17. The number of rotatable bonds is 14. The molecule has 0 heterocycles. The highest BCUT2D eigenvalue weighted by molar-refractivity contribution is 5.26. The molecule has 0 aromatic heterocycles. The zero-order chi connectivity index (χ0) is 19.6. The molecule has 27 heavy (non-hydrogen) atoms. The van der Waals surface area contributed by atoms with Crippen LogP contribution < -0.4 is 0 Å². The lowest BCUT2D eigenvalue weighted by Gasteiger charge is -2.05. The van der Waals surface area contributed by atoms with Crippen molar-refractivity contribution < 1.29 is 0 Å². The van der Waals surface area contributed by atoms with Crippen molar-refractivity contribution in [3.8, 4) is 0 Å². The van der Waals surface area contributed by atoms with Crippen LogP contribution in [-0.4, -0.2) is 0 Å². The summed E-state index contributed by atoms with van der Waals surface area (Å²) in [6.45, 7) is 8.18. The number of allylic oxidation sites excluding steroid dienone is 7. The maximum Gasteiger partial charge on any atom is -0.00174 e. The second kappa shape index (κ2) is 17.1. The summed E-state index contributed by atoms with van der Waals surface area (Å²) in [5.74, 6) is 1.74. The first-order chi connectivity index (χ1) is 13.3. The summed E-state index contributed by atoms with van der Waals surface area (Å²) in [5, 5.41) is 0. The molecule has 2 rings (SSSR count). The van der Waals surface area contributed by atoms with Crippen molar-refractivity contribution in [2.24, 2.45) is 11.8 Å². The number of unbranched alkanes of at least 4 members (excludes halogenated alkanes) is 11. The van der Waals surface area contributed by atoms with Gasteiger partial charge in [-0.25, -0.2) is 0 Å². The molecule has 2 unspecified atom stereocenters.